The van der Waals surface area contributed by atoms with Crippen LogP contribution in [0.2, 0.25) is 0 Å². The summed E-state index contributed by atoms with van der Waals surface area (Å²) in [6, 6.07) is 32.9. The minimum absolute atomic E-state index is 0.0551. The summed E-state index contributed by atoms with van der Waals surface area (Å²) >= 11 is 0. The van der Waals surface area contributed by atoms with Crippen molar-refractivity contribution in [1.82, 2.24) is 9.47 Å². The van der Waals surface area contributed by atoms with Crippen LogP contribution in [0.5, 0.6) is 0 Å². The number of fused-ring (bicyclic) bond motifs is 2. The number of hydrogen-bond acceptors (Lipinski definition) is 1. The molecular formula is C31H25FN2O. The summed E-state index contributed by atoms with van der Waals surface area (Å²) in [5.74, 6) is -0.209. The number of aryl methyl sites for hydroxylation is 1. The van der Waals surface area contributed by atoms with Crippen molar-refractivity contribution >= 4 is 16.8 Å². The Hall–Kier alpha value is -4.18. The third kappa shape index (κ3) is 3.53. The van der Waals surface area contributed by atoms with E-state index in [2.05, 4.69) is 34.9 Å². The molecule has 1 aliphatic heterocycles. The Bertz CT molecular complexity index is 1540. The first kappa shape index (κ1) is 21.4. The Balaban J connectivity index is 1.56. The number of carbonyl (C=O) groups is 1. The van der Waals surface area contributed by atoms with Gasteiger partial charge in [0.05, 0.1) is 11.7 Å². The average molecular weight is 461 g/mol. The van der Waals surface area contributed by atoms with E-state index in [1.165, 1.54) is 17.7 Å². The normalized spacial score (nSPS) is 15.1. The van der Waals surface area contributed by atoms with E-state index in [1.54, 1.807) is 0 Å². The van der Waals surface area contributed by atoms with E-state index in [4.69, 9.17) is 0 Å². The van der Waals surface area contributed by atoms with E-state index in [-0.39, 0.29) is 17.8 Å². The van der Waals surface area contributed by atoms with Gasteiger partial charge in [-0.3, -0.25) is 4.79 Å². The third-order valence-electron chi connectivity index (χ3n) is 7.08. The molecule has 6 rings (SSSR count). The van der Waals surface area contributed by atoms with E-state index in [1.807, 2.05) is 72.6 Å². The van der Waals surface area contributed by atoms with Crippen LogP contribution in [0.15, 0.2) is 103 Å². The quantitative estimate of drug-likeness (QED) is 0.284. The van der Waals surface area contributed by atoms with Gasteiger partial charge in [0.25, 0.3) is 5.91 Å². The topological polar surface area (TPSA) is 25.2 Å². The van der Waals surface area contributed by atoms with Gasteiger partial charge in [0.1, 0.15) is 5.82 Å². The van der Waals surface area contributed by atoms with Gasteiger partial charge in [0, 0.05) is 35.6 Å². The van der Waals surface area contributed by atoms with Crippen LogP contribution in [0.4, 0.5) is 4.39 Å². The number of amides is 1. The highest BCUT2D eigenvalue weighted by Crippen LogP contribution is 2.46. The highest BCUT2D eigenvalue weighted by Gasteiger charge is 2.40. The fraction of sp³-hybridized carbons (Fsp3) is 0.129. The molecule has 35 heavy (non-hydrogen) atoms. The molecule has 1 aromatic heterocycles. The summed E-state index contributed by atoms with van der Waals surface area (Å²) in [5.41, 5.74) is 7.08. The molecule has 4 aromatic carbocycles. The molecule has 0 bridgehead atoms. The monoisotopic (exact) mass is 460 g/mol. The molecule has 5 aromatic rings. The first-order valence-electron chi connectivity index (χ1n) is 11.9. The Kier molecular flexibility index (Phi) is 5.22. The molecule has 0 spiro atoms. The molecular weight excluding hydrogens is 435 g/mol. The van der Waals surface area contributed by atoms with Crippen molar-refractivity contribution in [3.8, 4) is 11.3 Å². The van der Waals surface area contributed by atoms with Crippen LogP contribution in [0.1, 0.15) is 33.1 Å². The fourth-order valence-electron chi connectivity index (χ4n) is 5.46. The summed E-state index contributed by atoms with van der Waals surface area (Å²) < 4.78 is 16.0. The summed E-state index contributed by atoms with van der Waals surface area (Å²) in [6.45, 7) is 0.605. The molecule has 172 valence electrons. The summed E-state index contributed by atoms with van der Waals surface area (Å²) in [4.78, 5) is 15.7. The van der Waals surface area contributed by atoms with E-state index >= 15 is 0 Å². The van der Waals surface area contributed by atoms with Crippen molar-refractivity contribution in [2.75, 3.05) is 6.54 Å². The van der Waals surface area contributed by atoms with Crippen LogP contribution in [0.25, 0.3) is 22.2 Å². The van der Waals surface area contributed by atoms with Gasteiger partial charge in [0.15, 0.2) is 0 Å². The van der Waals surface area contributed by atoms with Gasteiger partial charge in [0.2, 0.25) is 0 Å². The van der Waals surface area contributed by atoms with E-state index in [0.29, 0.717) is 6.54 Å². The van der Waals surface area contributed by atoms with Crippen LogP contribution < -0.4 is 0 Å². The van der Waals surface area contributed by atoms with Crippen molar-refractivity contribution in [3.63, 3.8) is 0 Å². The van der Waals surface area contributed by atoms with Crippen molar-refractivity contribution in [2.45, 2.75) is 12.5 Å². The van der Waals surface area contributed by atoms with Crippen LogP contribution in [-0.4, -0.2) is 21.9 Å². The second kappa shape index (κ2) is 8.55. The molecule has 0 N–H and O–H groups in total. The second-order valence-corrected chi connectivity index (χ2v) is 9.07. The average Bonchev–Trinajstić information content (AvgIpc) is 3.34. The first-order valence-corrected chi connectivity index (χ1v) is 11.9. The minimum Gasteiger partial charge on any atom is -0.343 e. The zero-order valence-corrected chi connectivity index (χ0v) is 19.5. The number of nitrogens with zero attached hydrogens (tertiary/aromatic N) is 2. The second-order valence-electron chi connectivity index (χ2n) is 9.07. The van der Waals surface area contributed by atoms with Crippen molar-refractivity contribution in [2.24, 2.45) is 7.05 Å². The van der Waals surface area contributed by atoms with Crippen LogP contribution in [0, 0.1) is 5.82 Å². The lowest BCUT2D eigenvalue weighted by atomic mass is 9.93. The zero-order valence-electron chi connectivity index (χ0n) is 19.5. The number of aromatic nitrogens is 1. The third-order valence-corrected chi connectivity index (χ3v) is 7.08. The SMILES string of the molecule is Cn1c(-c2ccc(F)cc2)c(C2c3ccccc3C(=O)N2CCc2ccccc2)c2ccccc21. The maximum atomic E-state index is 13.8. The Morgan fingerprint density at radius 1 is 0.800 bits per heavy atom. The van der Waals surface area contributed by atoms with Gasteiger partial charge in [-0.25, -0.2) is 4.39 Å². The lowest BCUT2D eigenvalue weighted by molar-refractivity contribution is 0.0753. The Morgan fingerprint density at radius 3 is 2.29 bits per heavy atom. The van der Waals surface area contributed by atoms with E-state index in [0.717, 1.165) is 45.3 Å². The Morgan fingerprint density at radius 2 is 1.49 bits per heavy atom. The van der Waals surface area contributed by atoms with Gasteiger partial charge in [-0.1, -0.05) is 66.7 Å². The molecule has 2 heterocycles. The molecule has 1 aliphatic rings. The molecule has 4 heteroatoms. The molecule has 0 aliphatic carbocycles. The first-order chi connectivity index (χ1) is 17.1. The highest BCUT2D eigenvalue weighted by atomic mass is 19.1. The predicted molar refractivity (Wildman–Crippen MR) is 138 cm³/mol. The van der Waals surface area contributed by atoms with Gasteiger partial charge in [-0.2, -0.15) is 0 Å². The van der Waals surface area contributed by atoms with Crippen molar-refractivity contribution < 1.29 is 9.18 Å². The van der Waals surface area contributed by atoms with E-state index < -0.39 is 0 Å². The molecule has 1 unspecified atom stereocenters. The standard InChI is InChI=1S/C31H25FN2O/c1-33-27-14-8-7-13-26(27)28(29(33)22-15-17-23(32)18-16-22)30-24-11-5-6-12-25(24)31(35)34(30)20-19-21-9-3-2-4-10-21/h2-18,30H,19-20H2,1H3. The van der Waals surface area contributed by atoms with Crippen molar-refractivity contribution in [1.29, 1.82) is 0 Å². The zero-order chi connectivity index (χ0) is 23.9. The lowest BCUT2D eigenvalue weighted by Crippen LogP contribution is -2.31. The fourth-order valence-corrected chi connectivity index (χ4v) is 5.46. The maximum absolute atomic E-state index is 13.8. The van der Waals surface area contributed by atoms with Gasteiger partial charge in [-0.15, -0.1) is 0 Å². The molecule has 1 amide bonds. The number of benzene rings is 4. The molecule has 0 radical (unpaired) electrons. The van der Waals surface area contributed by atoms with Gasteiger partial charge < -0.3 is 9.47 Å². The number of hydrogen-bond donors (Lipinski definition) is 0. The number of halogens is 1. The number of rotatable bonds is 5. The van der Waals surface area contributed by atoms with Crippen LogP contribution in [0.3, 0.4) is 0 Å². The van der Waals surface area contributed by atoms with Crippen LogP contribution >= 0.6 is 0 Å². The highest BCUT2D eigenvalue weighted by molar-refractivity contribution is 6.02. The molecule has 0 saturated carbocycles. The van der Waals surface area contributed by atoms with Crippen molar-refractivity contribution in [3.05, 3.63) is 131 Å². The molecule has 3 nitrogen and oxygen atoms in total. The molecule has 1 atom stereocenters. The largest absolute Gasteiger partial charge is 0.343 e. The summed E-state index contributed by atoms with van der Waals surface area (Å²) in [5, 5.41) is 1.11. The molecule has 0 saturated heterocycles. The Labute approximate surface area is 204 Å². The number of carbonyl (C=O) groups excluding carboxylic acids is 1. The van der Waals surface area contributed by atoms with Gasteiger partial charge >= 0.3 is 0 Å². The van der Waals surface area contributed by atoms with Gasteiger partial charge in [-0.05, 0) is 59.5 Å². The molecule has 0 fully saturated rings. The summed E-state index contributed by atoms with van der Waals surface area (Å²) in [7, 11) is 2.04. The smallest absolute Gasteiger partial charge is 0.255 e. The predicted octanol–water partition coefficient (Wildman–Crippen LogP) is 6.77. The lowest BCUT2D eigenvalue weighted by Gasteiger charge is -2.27. The maximum Gasteiger partial charge on any atom is 0.255 e. The summed E-state index contributed by atoms with van der Waals surface area (Å²) in [6.07, 6.45) is 0.772. The van der Waals surface area contributed by atoms with Crippen LogP contribution in [-0.2, 0) is 13.5 Å². The minimum atomic E-state index is -0.264. The number of para-hydroxylation sites is 1. The van der Waals surface area contributed by atoms with E-state index in [9.17, 15) is 9.18 Å².